The second-order valence-electron chi connectivity index (χ2n) is 7.06. The van der Waals surface area contributed by atoms with Crippen molar-refractivity contribution in [3.05, 3.63) is 63.7 Å². The van der Waals surface area contributed by atoms with Crippen LogP contribution in [-0.4, -0.2) is 57.1 Å². The summed E-state index contributed by atoms with van der Waals surface area (Å²) in [6.45, 7) is 1.33. The molecule has 2 aromatic heterocycles. The summed E-state index contributed by atoms with van der Waals surface area (Å²) < 4.78 is 2.65. The first-order chi connectivity index (χ1) is 14.9. The fraction of sp³-hybridized carbons (Fsp3) is 0.250. The molecule has 1 unspecified atom stereocenters. The molecule has 1 aliphatic heterocycles. The Labute approximate surface area is 182 Å². The van der Waals surface area contributed by atoms with Gasteiger partial charge in [0.05, 0.1) is 18.1 Å². The van der Waals surface area contributed by atoms with Gasteiger partial charge in [0.2, 0.25) is 5.91 Å². The Hall–Kier alpha value is -3.50. The van der Waals surface area contributed by atoms with E-state index in [2.05, 4.69) is 26.1 Å². The lowest BCUT2D eigenvalue weighted by Crippen LogP contribution is -2.50. The van der Waals surface area contributed by atoms with Gasteiger partial charge in [0.1, 0.15) is 17.3 Å². The Morgan fingerprint density at radius 1 is 1.23 bits per heavy atom. The highest BCUT2D eigenvalue weighted by Crippen LogP contribution is 2.20. The minimum absolute atomic E-state index is 0.138. The zero-order valence-corrected chi connectivity index (χ0v) is 17.4. The summed E-state index contributed by atoms with van der Waals surface area (Å²) in [4.78, 5) is 38.3. The molecule has 1 saturated heterocycles. The molecule has 0 bridgehead atoms. The Morgan fingerprint density at radius 3 is 2.71 bits per heavy atom. The van der Waals surface area contributed by atoms with Crippen molar-refractivity contribution in [3.8, 4) is 16.9 Å². The standard InChI is InChI=1S/C20H20ClN7O3/c1-27-11-14(9-24-27)28-20(31)15(8-16(26-28)12-2-4-13(21)5-3-12)18(29)25-17-10-22-6-7-23-19(17)30/h2-5,8-9,11,17,22H,6-7,10H2,1H3,(H,23,30)(H,25,29). The molecule has 2 amide bonds. The summed E-state index contributed by atoms with van der Waals surface area (Å²) >= 11 is 5.98. The lowest BCUT2D eigenvalue weighted by atomic mass is 10.1. The highest BCUT2D eigenvalue weighted by atomic mass is 35.5. The van der Waals surface area contributed by atoms with E-state index >= 15 is 0 Å². The molecular formula is C20H20ClN7O3. The number of hydrogen-bond acceptors (Lipinski definition) is 6. The summed E-state index contributed by atoms with van der Waals surface area (Å²) in [5, 5.41) is 17.5. The average Bonchev–Trinajstić information content (AvgIpc) is 3.08. The van der Waals surface area contributed by atoms with Crippen LogP contribution < -0.4 is 21.5 Å². The summed E-state index contributed by atoms with van der Waals surface area (Å²) in [7, 11) is 1.71. The van der Waals surface area contributed by atoms with E-state index in [-0.39, 0.29) is 18.0 Å². The molecule has 4 rings (SSSR count). The number of aryl methyl sites for hydroxylation is 1. The van der Waals surface area contributed by atoms with Crippen LogP contribution in [0.3, 0.4) is 0 Å². The predicted molar refractivity (Wildman–Crippen MR) is 114 cm³/mol. The SMILES string of the molecule is Cn1cc(-n2nc(-c3ccc(Cl)cc3)cc(C(=O)NC3CNCCNC3=O)c2=O)cn1. The first-order valence-electron chi connectivity index (χ1n) is 9.61. The van der Waals surface area contributed by atoms with Gasteiger partial charge >= 0.3 is 0 Å². The monoisotopic (exact) mass is 441 g/mol. The number of carbonyl (C=O) groups excluding carboxylic acids is 2. The normalized spacial score (nSPS) is 16.5. The molecule has 11 heteroatoms. The minimum Gasteiger partial charge on any atom is -0.353 e. The molecule has 31 heavy (non-hydrogen) atoms. The fourth-order valence-corrected chi connectivity index (χ4v) is 3.33. The van der Waals surface area contributed by atoms with Gasteiger partial charge in [-0.1, -0.05) is 23.7 Å². The van der Waals surface area contributed by atoms with E-state index in [0.717, 1.165) is 4.68 Å². The number of nitrogens with zero attached hydrogens (tertiary/aromatic N) is 4. The lowest BCUT2D eigenvalue weighted by Gasteiger charge is -2.16. The van der Waals surface area contributed by atoms with E-state index in [0.29, 0.717) is 35.1 Å². The summed E-state index contributed by atoms with van der Waals surface area (Å²) in [6.07, 6.45) is 3.09. The average molecular weight is 442 g/mol. The Morgan fingerprint density at radius 2 is 2.00 bits per heavy atom. The molecule has 3 N–H and O–H groups in total. The first-order valence-corrected chi connectivity index (χ1v) is 9.99. The van der Waals surface area contributed by atoms with Gasteiger partial charge < -0.3 is 16.0 Å². The van der Waals surface area contributed by atoms with Crippen LogP contribution in [-0.2, 0) is 11.8 Å². The van der Waals surface area contributed by atoms with Gasteiger partial charge in [0.25, 0.3) is 11.5 Å². The number of hydrogen-bond donors (Lipinski definition) is 3. The molecular weight excluding hydrogens is 422 g/mol. The van der Waals surface area contributed by atoms with Gasteiger partial charge in [0, 0.05) is 37.3 Å². The van der Waals surface area contributed by atoms with Crippen LogP contribution in [0.5, 0.6) is 0 Å². The third-order valence-electron chi connectivity index (χ3n) is 4.80. The Bertz CT molecular complexity index is 1190. The molecule has 3 heterocycles. The number of benzene rings is 1. The quantitative estimate of drug-likeness (QED) is 0.528. The van der Waals surface area contributed by atoms with Crippen LogP contribution in [0.25, 0.3) is 16.9 Å². The van der Waals surface area contributed by atoms with Crippen LogP contribution in [0.15, 0.2) is 47.5 Å². The second kappa shape index (κ2) is 8.70. The first kappa shape index (κ1) is 20.8. The molecule has 1 aromatic carbocycles. The number of nitrogens with one attached hydrogen (secondary N) is 3. The fourth-order valence-electron chi connectivity index (χ4n) is 3.20. The molecule has 1 fully saturated rings. The molecule has 10 nitrogen and oxygen atoms in total. The van der Waals surface area contributed by atoms with Crippen LogP contribution in [0.2, 0.25) is 5.02 Å². The summed E-state index contributed by atoms with van der Waals surface area (Å²) in [5.41, 5.74) is 0.718. The van der Waals surface area contributed by atoms with Crippen molar-refractivity contribution >= 4 is 23.4 Å². The zero-order valence-electron chi connectivity index (χ0n) is 16.6. The summed E-state index contributed by atoms with van der Waals surface area (Å²) in [6, 6.07) is 7.49. The highest BCUT2D eigenvalue weighted by Gasteiger charge is 2.25. The molecule has 1 aliphatic rings. The van der Waals surface area contributed by atoms with Gasteiger partial charge in [-0.15, -0.1) is 0 Å². The molecule has 3 aromatic rings. The third-order valence-corrected chi connectivity index (χ3v) is 5.06. The van der Waals surface area contributed by atoms with Gasteiger partial charge in [-0.2, -0.15) is 14.9 Å². The molecule has 0 saturated carbocycles. The zero-order chi connectivity index (χ0) is 22.0. The van der Waals surface area contributed by atoms with E-state index in [1.807, 2.05) is 0 Å². The minimum atomic E-state index is -0.798. The van der Waals surface area contributed by atoms with Crippen molar-refractivity contribution in [2.24, 2.45) is 7.05 Å². The van der Waals surface area contributed by atoms with E-state index in [1.165, 1.54) is 16.9 Å². The maximum atomic E-state index is 13.1. The van der Waals surface area contributed by atoms with Crippen molar-refractivity contribution in [2.45, 2.75) is 6.04 Å². The van der Waals surface area contributed by atoms with E-state index in [4.69, 9.17) is 11.6 Å². The van der Waals surface area contributed by atoms with Crippen molar-refractivity contribution in [1.82, 2.24) is 35.5 Å². The smallest absolute Gasteiger partial charge is 0.284 e. The second-order valence-corrected chi connectivity index (χ2v) is 7.50. The van der Waals surface area contributed by atoms with Crippen molar-refractivity contribution in [2.75, 3.05) is 19.6 Å². The van der Waals surface area contributed by atoms with Crippen LogP contribution in [0, 0.1) is 0 Å². The van der Waals surface area contributed by atoms with E-state index in [9.17, 15) is 14.4 Å². The van der Waals surface area contributed by atoms with Gasteiger partial charge in [-0.3, -0.25) is 19.1 Å². The van der Waals surface area contributed by atoms with Gasteiger partial charge in [-0.05, 0) is 18.2 Å². The number of aromatic nitrogens is 4. The van der Waals surface area contributed by atoms with Crippen molar-refractivity contribution in [1.29, 1.82) is 0 Å². The largest absolute Gasteiger partial charge is 0.353 e. The molecule has 0 spiro atoms. The van der Waals surface area contributed by atoms with Crippen molar-refractivity contribution in [3.63, 3.8) is 0 Å². The number of halogens is 1. The van der Waals surface area contributed by atoms with Gasteiger partial charge in [-0.25, -0.2) is 0 Å². The lowest BCUT2D eigenvalue weighted by molar-refractivity contribution is -0.122. The Balaban J connectivity index is 1.77. The highest BCUT2D eigenvalue weighted by molar-refractivity contribution is 6.30. The number of amides is 2. The Kier molecular flexibility index (Phi) is 5.83. The van der Waals surface area contributed by atoms with E-state index in [1.54, 1.807) is 37.5 Å². The molecule has 160 valence electrons. The summed E-state index contributed by atoms with van der Waals surface area (Å²) in [5.74, 6) is -0.970. The third kappa shape index (κ3) is 4.49. The van der Waals surface area contributed by atoms with Gasteiger partial charge in [0.15, 0.2) is 0 Å². The van der Waals surface area contributed by atoms with E-state index < -0.39 is 17.5 Å². The maximum absolute atomic E-state index is 13.1. The van der Waals surface area contributed by atoms with Crippen LogP contribution in [0.1, 0.15) is 10.4 Å². The topological polar surface area (TPSA) is 123 Å². The number of carbonyl (C=O) groups is 2. The van der Waals surface area contributed by atoms with Crippen molar-refractivity contribution < 1.29 is 9.59 Å². The molecule has 0 radical (unpaired) electrons. The maximum Gasteiger partial charge on any atom is 0.284 e. The molecule has 1 atom stereocenters. The predicted octanol–water partition coefficient (Wildman–Crippen LogP) is 0.104. The molecule has 0 aliphatic carbocycles. The van der Waals surface area contributed by atoms with Crippen LogP contribution >= 0.6 is 11.6 Å². The van der Waals surface area contributed by atoms with Crippen LogP contribution in [0.4, 0.5) is 0 Å². The number of rotatable bonds is 4.